The van der Waals surface area contributed by atoms with Gasteiger partial charge in [0.2, 0.25) is 0 Å². The van der Waals surface area contributed by atoms with Crippen LogP contribution in [-0.4, -0.2) is 51.4 Å². The Hall–Kier alpha value is -3.37. The van der Waals surface area contributed by atoms with Crippen LogP contribution in [-0.2, 0) is 13.1 Å². The van der Waals surface area contributed by atoms with E-state index in [0.29, 0.717) is 12.1 Å². The zero-order valence-corrected chi connectivity index (χ0v) is 21.5. The molecule has 0 unspecified atom stereocenters. The fourth-order valence-corrected chi connectivity index (χ4v) is 4.65. The van der Waals surface area contributed by atoms with Gasteiger partial charge in [-0.2, -0.15) is 5.26 Å². The van der Waals surface area contributed by atoms with E-state index in [1.807, 2.05) is 72.0 Å². The van der Waals surface area contributed by atoms with Gasteiger partial charge in [0.1, 0.15) is 0 Å². The fraction of sp³-hybridized carbons (Fsp3) is 0.250. The van der Waals surface area contributed by atoms with Crippen LogP contribution in [0.5, 0.6) is 0 Å². The topological polar surface area (TPSA) is 65.2 Å². The minimum Gasteiger partial charge on any atom is -0.337 e. The molecule has 0 aliphatic carbocycles. The normalized spacial score (nSPS) is 13.8. The number of halogens is 2. The van der Waals surface area contributed by atoms with E-state index < -0.39 is 0 Å². The average molecular weight is 522 g/mol. The summed E-state index contributed by atoms with van der Waals surface area (Å²) in [6, 6.07) is 23.9. The van der Waals surface area contributed by atoms with Gasteiger partial charge in [-0.3, -0.25) is 9.69 Å². The highest BCUT2D eigenvalue weighted by molar-refractivity contribution is 6.07. The van der Waals surface area contributed by atoms with Crippen LogP contribution in [0.3, 0.4) is 0 Å². The van der Waals surface area contributed by atoms with E-state index in [1.165, 1.54) is 0 Å². The maximum Gasteiger partial charge on any atom is 0.254 e. The summed E-state index contributed by atoms with van der Waals surface area (Å²) >= 11 is 0. The first-order valence-electron chi connectivity index (χ1n) is 11.7. The van der Waals surface area contributed by atoms with Gasteiger partial charge < -0.3 is 9.47 Å². The molecule has 4 aromatic rings. The van der Waals surface area contributed by atoms with E-state index in [0.717, 1.165) is 66.7 Å². The number of fused-ring (bicyclic) bond motifs is 1. The van der Waals surface area contributed by atoms with Crippen molar-refractivity contribution in [3.63, 3.8) is 0 Å². The molecule has 1 aliphatic heterocycles. The third-order valence-corrected chi connectivity index (χ3v) is 6.52. The second-order valence-corrected chi connectivity index (χ2v) is 8.77. The fourth-order valence-electron chi connectivity index (χ4n) is 4.65. The van der Waals surface area contributed by atoms with Crippen LogP contribution in [0, 0.1) is 11.3 Å². The summed E-state index contributed by atoms with van der Waals surface area (Å²) in [6.07, 6.45) is 4.73. The molecule has 2 heterocycles. The second kappa shape index (κ2) is 12.5. The van der Waals surface area contributed by atoms with E-state index >= 15 is 0 Å². The van der Waals surface area contributed by atoms with Gasteiger partial charge in [-0.15, -0.1) is 24.8 Å². The number of hydrogen-bond donors (Lipinski definition) is 0. The van der Waals surface area contributed by atoms with Crippen molar-refractivity contribution < 1.29 is 4.79 Å². The molecule has 0 spiro atoms. The van der Waals surface area contributed by atoms with Crippen molar-refractivity contribution >= 4 is 41.5 Å². The molecule has 5 rings (SSSR count). The second-order valence-electron chi connectivity index (χ2n) is 8.77. The lowest BCUT2D eigenvalue weighted by atomic mass is 10.0. The van der Waals surface area contributed by atoms with Crippen LogP contribution in [0.4, 0.5) is 0 Å². The molecule has 8 heteroatoms. The lowest BCUT2D eigenvalue weighted by molar-refractivity contribution is 0.0763. The molecule has 0 saturated carbocycles. The third-order valence-electron chi connectivity index (χ3n) is 6.52. The SMILES string of the molecule is Cl.Cl.N#Cc1ccc(Cn2cncc2CN2CCCN(C(=O)c3cccc4ccccc34)CC2)cc1. The molecular formula is C28H29Cl2N5O. The summed E-state index contributed by atoms with van der Waals surface area (Å²) in [5.41, 5.74) is 3.74. The number of imidazole rings is 1. The Labute approximate surface area is 224 Å². The number of nitrogens with zero attached hydrogens (tertiary/aromatic N) is 5. The summed E-state index contributed by atoms with van der Waals surface area (Å²) in [6.45, 7) is 4.78. The Morgan fingerprint density at radius 3 is 2.47 bits per heavy atom. The largest absolute Gasteiger partial charge is 0.337 e. The number of carbonyl (C=O) groups excluding carboxylic acids is 1. The van der Waals surface area contributed by atoms with Crippen LogP contribution in [0.1, 0.15) is 33.6 Å². The summed E-state index contributed by atoms with van der Waals surface area (Å²) in [5.74, 6) is 0.115. The zero-order valence-electron chi connectivity index (χ0n) is 19.9. The van der Waals surface area contributed by atoms with Crippen molar-refractivity contribution in [1.82, 2.24) is 19.4 Å². The smallest absolute Gasteiger partial charge is 0.254 e. The molecule has 0 radical (unpaired) electrons. The van der Waals surface area contributed by atoms with E-state index in [4.69, 9.17) is 5.26 Å². The van der Waals surface area contributed by atoms with Crippen molar-refractivity contribution in [1.29, 1.82) is 5.26 Å². The Bertz CT molecular complexity index is 1340. The molecule has 0 atom stereocenters. The Balaban J connectivity index is 0.00000180. The summed E-state index contributed by atoms with van der Waals surface area (Å²) < 4.78 is 2.16. The summed E-state index contributed by atoms with van der Waals surface area (Å²) in [7, 11) is 0. The number of nitriles is 1. The molecule has 0 N–H and O–H groups in total. The standard InChI is InChI=1S/C28H27N5O.2ClH/c29-17-22-9-11-23(12-10-22)19-33-21-30-18-25(33)20-31-13-4-14-32(16-15-31)28(34)27-8-3-6-24-5-1-2-7-26(24)27;;/h1-3,5-12,18,21H,4,13-16,19-20H2;2*1H. The van der Waals surface area contributed by atoms with Gasteiger partial charge in [0.05, 0.1) is 23.7 Å². The predicted octanol–water partition coefficient (Wildman–Crippen LogP) is 5.15. The van der Waals surface area contributed by atoms with E-state index in [9.17, 15) is 4.79 Å². The van der Waals surface area contributed by atoms with Crippen LogP contribution in [0.25, 0.3) is 10.8 Å². The maximum atomic E-state index is 13.4. The van der Waals surface area contributed by atoms with Crippen LogP contribution in [0.2, 0.25) is 0 Å². The zero-order chi connectivity index (χ0) is 23.3. The Morgan fingerprint density at radius 2 is 1.67 bits per heavy atom. The number of benzene rings is 3. The number of amides is 1. The molecule has 1 aliphatic rings. The molecule has 1 fully saturated rings. The molecule has 1 saturated heterocycles. The van der Waals surface area contributed by atoms with Gasteiger partial charge in [-0.05, 0) is 41.0 Å². The van der Waals surface area contributed by atoms with Crippen molar-refractivity contribution in [3.05, 3.63) is 102 Å². The molecule has 6 nitrogen and oxygen atoms in total. The van der Waals surface area contributed by atoms with Gasteiger partial charge in [0.25, 0.3) is 5.91 Å². The van der Waals surface area contributed by atoms with E-state index in [-0.39, 0.29) is 30.7 Å². The highest BCUT2D eigenvalue weighted by Crippen LogP contribution is 2.21. The third kappa shape index (κ3) is 6.06. The van der Waals surface area contributed by atoms with E-state index in [2.05, 4.69) is 32.7 Å². The first-order valence-corrected chi connectivity index (χ1v) is 11.7. The number of carbonyl (C=O) groups is 1. The minimum atomic E-state index is 0. The summed E-state index contributed by atoms with van der Waals surface area (Å²) in [4.78, 5) is 22.1. The van der Waals surface area contributed by atoms with Crippen LogP contribution >= 0.6 is 24.8 Å². The first-order chi connectivity index (χ1) is 16.7. The van der Waals surface area contributed by atoms with Gasteiger partial charge in [0, 0.05) is 51.0 Å². The molecule has 186 valence electrons. The van der Waals surface area contributed by atoms with Gasteiger partial charge >= 0.3 is 0 Å². The average Bonchev–Trinajstić information content (AvgIpc) is 3.17. The molecule has 3 aromatic carbocycles. The highest BCUT2D eigenvalue weighted by atomic mass is 35.5. The number of aromatic nitrogens is 2. The Kier molecular flexibility index (Phi) is 9.49. The number of rotatable bonds is 5. The van der Waals surface area contributed by atoms with Crippen LogP contribution < -0.4 is 0 Å². The van der Waals surface area contributed by atoms with Crippen LogP contribution in [0.15, 0.2) is 79.3 Å². The quantitative estimate of drug-likeness (QED) is 0.364. The maximum absolute atomic E-state index is 13.4. The first kappa shape index (κ1) is 27.2. The Morgan fingerprint density at radius 1 is 0.889 bits per heavy atom. The van der Waals surface area contributed by atoms with E-state index in [1.54, 1.807) is 0 Å². The molecule has 36 heavy (non-hydrogen) atoms. The van der Waals surface area contributed by atoms with Crippen molar-refractivity contribution in [3.8, 4) is 6.07 Å². The van der Waals surface area contributed by atoms with Gasteiger partial charge in [0.15, 0.2) is 0 Å². The lowest BCUT2D eigenvalue weighted by Crippen LogP contribution is -2.35. The molecule has 1 aromatic heterocycles. The lowest BCUT2D eigenvalue weighted by Gasteiger charge is -2.23. The van der Waals surface area contributed by atoms with Gasteiger partial charge in [-0.25, -0.2) is 4.98 Å². The number of hydrogen-bond acceptors (Lipinski definition) is 4. The monoisotopic (exact) mass is 521 g/mol. The van der Waals surface area contributed by atoms with Crippen molar-refractivity contribution in [2.45, 2.75) is 19.5 Å². The molecule has 0 bridgehead atoms. The van der Waals surface area contributed by atoms with Crippen molar-refractivity contribution in [2.24, 2.45) is 0 Å². The predicted molar refractivity (Wildman–Crippen MR) is 147 cm³/mol. The minimum absolute atomic E-state index is 0. The highest BCUT2D eigenvalue weighted by Gasteiger charge is 2.22. The molecule has 1 amide bonds. The van der Waals surface area contributed by atoms with Crippen molar-refractivity contribution in [2.75, 3.05) is 26.2 Å². The van der Waals surface area contributed by atoms with Gasteiger partial charge in [-0.1, -0.05) is 48.5 Å². The molecular weight excluding hydrogens is 493 g/mol. The summed E-state index contributed by atoms with van der Waals surface area (Å²) in [5, 5.41) is 11.1.